The monoisotopic (exact) mass is 338 g/mol. The summed E-state index contributed by atoms with van der Waals surface area (Å²) in [6, 6.07) is 15.2. The molecule has 0 bridgehead atoms. The molecular formula is C20H18O5. The third-order valence-electron chi connectivity index (χ3n) is 4.08. The molecule has 0 spiro atoms. The molecule has 0 unspecified atom stereocenters. The van der Waals surface area contributed by atoms with E-state index in [9.17, 15) is 14.7 Å². The zero-order chi connectivity index (χ0) is 17.8. The lowest BCUT2D eigenvalue weighted by molar-refractivity contribution is -0.146. The summed E-state index contributed by atoms with van der Waals surface area (Å²) >= 11 is 0. The molecule has 128 valence electrons. The number of aromatic hydroxyl groups is 1. The molecule has 0 aliphatic carbocycles. The highest BCUT2D eigenvalue weighted by Gasteiger charge is 2.20. The number of rotatable bonds is 5. The molecule has 0 saturated heterocycles. The van der Waals surface area contributed by atoms with Gasteiger partial charge >= 0.3 is 11.6 Å². The summed E-state index contributed by atoms with van der Waals surface area (Å²) in [5.74, 6) is -0.689. The predicted octanol–water partition coefficient (Wildman–Crippen LogP) is 3.74. The maximum atomic E-state index is 12.5. The van der Waals surface area contributed by atoms with E-state index in [1.165, 1.54) is 18.2 Å². The van der Waals surface area contributed by atoms with Gasteiger partial charge in [-0.1, -0.05) is 37.3 Å². The van der Waals surface area contributed by atoms with Crippen molar-refractivity contribution >= 4 is 16.9 Å². The van der Waals surface area contributed by atoms with E-state index in [1.807, 2.05) is 37.3 Å². The highest BCUT2D eigenvalue weighted by molar-refractivity contribution is 5.82. The minimum Gasteiger partial charge on any atom is -0.508 e. The normalized spacial score (nSPS) is 12.0. The first kappa shape index (κ1) is 16.8. The summed E-state index contributed by atoms with van der Waals surface area (Å²) in [4.78, 5) is 24.1. The van der Waals surface area contributed by atoms with Gasteiger partial charge in [-0.2, -0.15) is 0 Å². The summed E-state index contributed by atoms with van der Waals surface area (Å²) in [5.41, 5.74) is 1.15. The van der Waals surface area contributed by atoms with E-state index in [4.69, 9.17) is 9.15 Å². The summed E-state index contributed by atoms with van der Waals surface area (Å²) in [6.45, 7) is 1.89. The molecule has 1 atom stereocenters. The molecule has 0 saturated carbocycles. The van der Waals surface area contributed by atoms with E-state index in [0.717, 1.165) is 5.56 Å². The molecule has 1 N–H and O–H groups in total. The highest BCUT2D eigenvalue weighted by Crippen LogP contribution is 2.24. The van der Waals surface area contributed by atoms with Gasteiger partial charge in [0.1, 0.15) is 17.9 Å². The summed E-state index contributed by atoms with van der Waals surface area (Å²) in [7, 11) is 0. The SMILES string of the molecule is CC[C@H](C(=O)OCc1cc(=O)oc2cc(O)ccc12)c1ccccc1. The van der Waals surface area contributed by atoms with Crippen LogP contribution in [-0.4, -0.2) is 11.1 Å². The number of benzene rings is 2. The van der Waals surface area contributed by atoms with Crippen molar-refractivity contribution in [3.05, 3.63) is 76.1 Å². The van der Waals surface area contributed by atoms with E-state index in [-0.39, 0.29) is 29.8 Å². The van der Waals surface area contributed by atoms with Crippen LogP contribution in [0.3, 0.4) is 0 Å². The van der Waals surface area contributed by atoms with Crippen molar-refractivity contribution in [2.24, 2.45) is 0 Å². The van der Waals surface area contributed by atoms with Crippen molar-refractivity contribution in [2.45, 2.75) is 25.9 Å². The number of hydrogen-bond acceptors (Lipinski definition) is 5. The molecule has 5 heteroatoms. The Morgan fingerprint density at radius 3 is 2.64 bits per heavy atom. The Labute approximate surface area is 144 Å². The van der Waals surface area contributed by atoms with E-state index in [1.54, 1.807) is 6.07 Å². The van der Waals surface area contributed by atoms with E-state index < -0.39 is 5.63 Å². The Bertz CT molecular complexity index is 943. The van der Waals surface area contributed by atoms with Gasteiger partial charge in [0, 0.05) is 23.1 Å². The Hall–Kier alpha value is -3.08. The van der Waals surface area contributed by atoms with Gasteiger partial charge in [0.05, 0.1) is 5.92 Å². The second kappa shape index (κ2) is 7.21. The summed E-state index contributed by atoms with van der Waals surface area (Å²) in [6.07, 6.45) is 0.619. The first-order valence-electron chi connectivity index (χ1n) is 8.06. The Morgan fingerprint density at radius 2 is 1.92 bits per heavy atom. The number of phenolic OH excluding ortho intramolecular Hbond substituents is 1. The minimum absolute atomic E-state index is 0.0000747. The van der Waals surface area contributed by atoms with Gasteiger partial charge in [-0.25, -0.2) is 4.79 Å². The molecule has 5 nitrogen and oxygen atoms in total. The zero-order valence-corrected chi connectivity index (χ0v) is 13.8. The van der Waals surface area contributed by atoms with Gasteiger partial charge in [0.25, 0.3) is 0 Å². The second-order valence-corrected chi connectivity index (χ2v) is 5.75. The van der Waals surface area contributed by atoms with Crippen molar-refractivity contribution in [1.29, 1.82) is 0 Å². The Morgan fingerprint density at radius 1 is 1.16 bits per heavy atom. The lowest BCUT2D eigenvalue weighted by Gasteiger charge is -2.15. The number of hydrogen-bond donors (Lipinski definition) is 1. The lowest BCUT2D eigenvalue weighted by Crippen LogP contribution is -2.16. The van der Waals surface area contributed by atoms with Crippen molar-refractivity contribution in [3.63, 3.8) is 0 Å². The Kier molecular flexibility index (Phi) is 4.84. The molecule has 2 aromatic carbocycles. The number of ether oxygens (including phenoxy) is 1. The lowest BCUT2D eigenvalue weighted by atomic mass is 9.97. The van der Waals surface area contributed by atoms with Crippen LogP contribution >= 0.6 is 0 Å². The van der Waals surface area contributed by atoms with Gasteiger partial charge in [-0.05, 0) is 24.1 Å². The van der Waals surface area contributed by atoms with Crippen molar-refractivity contribution < 1.29 is 19.1 Å². The van der Waals surface area contributed by atoms with Crippen LogP contribution in [0.15, 0.2) is 63.8 Å². The largest absolute Gasteiger partial charge is 0.508 e. The fourth-order valence-corrected chi connectivity index (χ4v) is 2.81. The molecular weight excluding hydrogens is 320 g/mol. The van der Waals surface area contributed by atoms with Gasteiger partial charge in [-0.3, -0.25) is 4.79 Å². The smallest absolute Gasteiger partial charge is 0.336 e. The molecule has 3 aromatic rings. The standard InChI is InChI=1S/C20H18O5/c1-2-16(13-6-4-3-5-7-13)20(23)24-12-14-10-19(22)25-18-11-15(21)8-9-17(14)18/h3-11,16,21H,2,12H2,1H3/t16-/m0/s1. The van der Waals surface area contributed by atoms with Gasteiger partial charge < -0.3 is 14.3 Å². The zero-order valence-electron chi connectivity index (χ0n) is 13.8. The van der Waals surface area contributed by atoms with Crippen LogP contribution in [0.2, 0.25) is 0 Å². The van der Waals surface area contributed by atoms with Crippen molar-refractivity contribution in [1.82, 2.24) is 0 Å². The number of phenols is 1. The van der Waals surface area contributed by atoms with Crippen LogP contribution in [0.4, 0.5) is 0 Å². The highest BCUT2D eigenvalue weighted by atomic mass is 16.5. The predicted molar refractivity (Wildman–Crippen MR) is 93.4 cm³/mol. The van der Waals surface area contributed by atoms with Gasteiger partial charge in [0.15, 0.2) is 0 Å². The maximum absolute atomic E-state index is 12.5. The summed E-state index contributed by atoms with van der Waals surface area (Å²) in [5, 5.41) is 10.1. The van der Waals surface area contributed by atoms with Crippen LogP contribution in [0.1, 0.15) is 30.4 Å². The number of carbonyl (C=O) groups excluding carboxylic acids is 1. The topological polar surface area (TPSA) is 76.7 Å². The molecule has 3 rings (SSSR count). The van der Waals surface area contributed by atoms with Crippen molar-refractivity contribution in [2.75, 3.05) is 0 Å². The average Bonchev–Trinajstić information content (AvgIpc) is 2.60. The van der Waals surface area contributed by atoms with Crippen LogP contribution in [0.5, 0.6) is 5.75 Å². The second-order valence-electron chi connectivity index (χ2n) is 5.75. The molecule has 0 radical (unpaired) electrons. The molecule has 0 amide bonds. The fraction of sp³-hybridized carbons (Fsp3) is 0.200. The van der Waals surface area contributed by atoms with Gasteiger partial charge in [0.2, 0.25) is 0 Å². The maximum Gasteiger partial charge on any atom is 0.336 e. The van der Waals surface area contributed by atoms with Crippen LogP contribution in [0.25, 0.3) is 11.0 Å². The van der Waals surface area contributed by atoms with E-state index in [2.05, 4.69) is 0 Å². The molecule has 25 heavy (non-hydrogen) atoms. The third-order valence-corrected chi connectivity index (χ3v) is 4.08. The van der Waals surface area contributed by atoms with Crippen LogP contribution in [-0.2, 0) is 16.1 Å². The van der Waals surface area contributed by atoms with Crippen LogP contribution in [0, 0.1) is 0 Å². The molecule has 1 aromatic heterocycles. The minimum atomic E-state index is -0.556. The molecule has 0 aliphatic heterocycles. The number of esters is 1. The van der Waals surface area contributed by atoms with Crippen molar-refractivity contribution in [3.8, 4) is 5.75 Å². The molecule has 1 heterocycles. The number of fused-ring (bicyclic) bond motifs is 1. The van der Waals surface area contributed by atoms with Crippen LogP contribution < -0.4 is 5.63 Å². The average molecular weight is 338 g/mol. The van der Waals surface area contributed by atoms with E-state index >= 15 is 0 Å². The fourth-order valence-electron chi connectivity index (χ4n) is 2.81. The van der Waals surface area contributed by atoms with Gasteiger partial charge in [-0.15, -0.1) is 0 Å². The Balaban J connectivity index is 1.82. The van der Waals surface area contributed by atoms with E-state index in [0.29, 0.717) is 17.4 Å². The first-order chi connectivity index (χ1) is 12.1. The molecule has 0 aliphatic rings. The number of carbonyl (C=O) groups is 1. The third kappa shape index (κ3) is 3.71. The molecule has 0 fully saturated rings. The quantitative estimate of drug-likeness (QED) is 0.566. The summed E-state index contributed by atoms with van der Waals surface area (Å²) < 4.78 is 10.5. The first-order valence-corrected chi connectivity index (χ1v) is 8.06.